The SMILES string of the molecule is CCCc1ccc2c(c1)OC(CC)CC2. The highest BCUT2D eigenvalue weighted by atomic mass is 16.5. The molecule has 82 valence electrons. The summed E-state index contributed by atoms with van der Waals surface area (Å²) in [4.78, 5) is 0. The number of ether oxygens (including phenoxy) is 1. The molecule has 1 nitrogen and oxygen atoms in total. The highest BCUT2D eigenvalue weighted by Crippen LogP contribution is 2.29. The molecule has 1 heterocycles. The minimum Gasteiger partial charge on any atom is -0.490 e. The van der Waals surface area contributed by atoms with Crippen LogP contribution in [0, 0.1) is 0 Å². The van der Waals surface area contributed by atoms with Gasteiger partial charge in [0.15, 0.2) is 0 Å². The largest absolute Gasteiger partial charge is 0.490 e. The van der Waals surface area contributed by atoms with Crippen LogP contribution in [0.25, 0.3) is 0 Å². The quantitative estimate of drug-likeness (QED) is 0.728. The minimum absolute atomic E-state index is 0.439. The fourth-order valence-corrected chi connectivity index (χ4v) is 2.20. The van der Waals surface area contributed by atoms with E-state index in [9.17, 15) is 0 Å². The summed E-state index contributed by atoms with van der Waals surface area (Å²) in [6, 6.07) is 6.73. The Kier molecular flexibility index (Phi) is 3.30. The molecule has 0 amide bonds. The lowest BCUT2D eigenvalue weighted by molar-refractivity contribution is 0.169. The number of hydrogen-bond donors (Lipinski definition) is 0. The van der Waals surface area contributed by atoms with Gasteiger partial charge in [0, 0.05) is 0 Å². The molecule has 2 rings (SSSR count). The Hall–Kier alpha value is -0.980. The molecule has 0 saturated carbocycles. The van der Waals surface area contributed by atoms with E-state index in [1.165, 1.54) is 30.4 Å². The van der Waals surface area contributed by atoms with Crippen LogP contribution >= 0.6 is 0 Å². The normalized spacial score (nSPS) is 19.5. The third-order valence-corrected chi connectivity index (χ3v) is 3.15. The van der Waals surface area contributed by atoms with Crippen molar-refractivity contribution in [3.05, 3.63) is 29.3 Å². The second-order valence-corrected chi connectivity index (χ2v) is 4.38. The van der Waals surface area contributed by atoms with Crippen LogP contribution < -0.4 is 4.74 Å². The van der Waals surface area contributed by atoms with Crippen molar-refractivity contribution in [1.29, 1.82) is 0 Å². The summed E-state index contributed by atoms with van der Waals surface area (Å²) in [6.07, 6.45) is 6.28. The molecule has 0 spiro atoms. The Balaban J connectivity index is 2.19. The molecule has 1 aromatic rings. The molecule has 0 saturated heterocycles. The number of benzene rings is 1. The lowest BCUT2D eigenvalue weighted by atomic mass is 9.98. The molecule has 0 radical (unpaired) electrons. The molecular formula is C14H20O. The average Bonchev–Trinajstić information content (AvgIpc) is 2.28. The van der Waals surface area contributed by atoms with Crippen molar-refractivity contribution in [3.63, 3.8) is 0 Å². The summed E-state index contributed by atoms with van der Waals surface area (Å²) in [5.74, 6) is 1.14. The van der Waals surface area contributed by atoms with Gasteiger partial charge in [-0.3, -0.25) is 0 Å². The molecule has 0 N–H and O–H groups in total. The first-order chi connectivity index (χ1) is 7.33. The van der Waals surface area contributed by atoms with Crippen LogP contribution in [-0.2, 0) is 12.8 Å². The summed E-state index contributed by atoms with van der Waals surface area (Å²) in [7, 11) is 0. The third kappa shape index (κ3) is 2.34. The molecule has 1 aliphatic rings. The van der Waals surface area contributed by atoms with Gasteiger partial charge in [-0.25, -0.2) is 0 Å². The van der Waals surface area contributed by atoms with Gasteiger partial charge >= 0.3 is 0 Å². The van der Waals surface area contributed by atoms with Gasteiger partial charge in [0.05, 0.1) is 6.10 Å². The van der Waals surface area contributed by atoms with Gasteiger partial charge in [0.1, 0.15) is 5.75 Å². The molecular weight excluding hydrogens is 184 g/mol. The molecule has 1 aliphatic heterocycles. The van der Waals surface area contributed by atoms with Gasteiger partial charge in [-0.2, -0.15) is 0 Å². The van der Waals surface area contributed by atoms with Crippen LogP contribution in [-0.4, -0.2) is 6.10 Å². The molecule has 15 heavy (non-hydrogen) atoms. The highest BCUT2D eigenvalue weighted by molar-refractivity contribution is 5.39. The number of rotatable bonds is 3. The van der Waals surface area contributed by atoms with Gasteiger partial charge in [0.25, 0.3) is 0 Å². The number of fused-ring (bicyclic) bond motifs is 1. The maximum Gasteiger partial charge on any atom is 0.123 e. The molecule has 1 heteroatoms. The van der Waals surface area contributed by atoms with Crippen molar-refractivity contribution in [2.45, 2.75) is 52.1 Å². The van der Waals surface area contributed by atoms with Crippen LogP contribution in [0.3, 0.4) is 0 Å². The summed E-state index contributed by atoms with van der Waals surface area (Å²) < 4.78 is 5.97. The second-order valence-electron chi connectivity index (χ2n) is 4.38. The fraction of sp³-hybridized carbons (Fsp3) is 0.571. The minimum atomic E-state index is 0.439. The van der Waals surface area contributed by atoms with Crippen molar-refractivity contribution in [3.8, 4) is 5.75 Å². The number of hydrogen-bond acceptors (Lipinski definition) is 1. The summed E-state index contributed by atoms with van der Waals surface area (Å²) in [5, 5.41) is 0. The monoisotopic (exact) mass is 204 g/mol. The summed E-state index contributed by atoms with van der Waals surface area (Å²) in [5.41, 5.74) is 2.80. The van der Waals surface area contributed by atoms with Gasteiger partial charge in [-0.15, -0.1) is 0 Å². The standard InChI is InChI=1S/C14H20O/c1-3-5-11-6-7-12-8-9-13(4-2)15-14(12)10-11/h6-7,10,13H,3-5,8-9H2,1-2H3. The lowest BCUT2D eigenvalue weighted by Gasteiger charge is -2.25. The Labute approximate surface area is 92.5 Å². The van der Waals surface area contributed by atoms with E-state index >= 15 is 0 Å². The van der Waals surface area contributed by atoms with E-state index in [1.54, 1.807) is 0 Å². The molecule has 0 aliphatic carbocycles. The average molecular weight is 204 g/mol. The zero-order valence-corrected chi connectivity index (χ0v) is 9.75. The predicted molar refractivity (Wildman–Crippen MR) is 63.5 cm³/mol. The molecule has 1 atom stereocenters. The Bertz CT molecular complexity index is 330. The first-order valence-electron chi connectivity index (χ1n) is 6.12. The van der Waals surface area contributed by atoms with Crippen molar-refractivity contribution >= 4 is 0 Å². The van der Waals surface area contributed by atoms with Crippen molar-refractivity contribution in [2.24, 2.45) is 0 Å². The van der Waals surface area contributed by atoms with Crippen LogP contribution in [0.4, 0.5) is 0 Å². The molecule has 0 bridgehead atoms. The van der Waals surface area contributed by atoms with E-state index in [-0.39, 0.29) is 0 Å². The first-order valence-corrected chi connectivity index (χ1v) is 6.12. The van der Waals surface area contributed by atoms with Crippen LogP contribution in [0.1, 0.15) is 44.2 Å². The maximum atomic E-state index is 5.97. The third-order valence-electron chi connectivity index (χ3n) is 3.15. The summed E-state index contributed by atoms with van der Waals surface area (Å²) in [6.45, 7) is 4.42. The molecule has 0 fully saturated rings. The molecule has 0 aromatic heterocycles. The van der Waals surface area contributed by atoms with Crippen molar-refractivity contribution < 1.29 is 4.74 Å². The van der Waals surface area contributed by atoms with Crippen molar-refractivity contribution in [1.82, 2.24) is 0 Å². The topological polar surface area (TPSA) is 9.23 Å². The first kappa shape index (κ1) is 10.5. The van der Waals surface area contributed by atoms with E-state index in [1.807, 2.05) is 0 Å². The zero-order chi connectivity index (χ0) is 10.7. The van der Waals surface area contributed by atoms with Gasteiger partial charge in [0.2, 0.25) is 0 Å². The zero-order valence-electron chi connectivity index (χ0n) is 9.75. The molecule has 1 aromatic carbocycles. The van der Waals surface area contributed by atoms with Crippen LogP contribution in [0.5, 0.6) is 5.75 Å². The van der Waals surface area contributed by atoms with Crippen LogP contribution in [0.15, 0.2) is 18.2 Å². The Morgan fingerprint density at radius 3 is 2.93 bits per heavy atom. The Morgan fingerprint density at radius 1 is 1.33 bits per heavy atom. The van der Waals surface area contributed by atoms with E-state index in [0.29, 0.717) is 6.10 Å². The Morgan fingerprint density at radius 2 is 2.20 bits per heavy atom. The lowest BCUT2D eigenvalue weighted by Crippen LogP contribution is -2.21. The smallest absolute Gasteiger partial charge is 0.123 e. The van der Waals surface area contributed by atoms with E-state index in [4.69, 9.17) is 4.74 Å². The van der Waals surface area contributed by atoms with Gasteiger partial charge in [-0.1, -0.05) is 32.4 Å². The van der Waals surface area contributed by atoms with E-state index < -0.39 is 0 Å². The van der Waals surface area contributed by atoms with Gasteiger partial charge in [-0.05, 0) is 42.9 Å². The van der Waals surface area contributed by atoms with Crippen molar-refractivity contribution in [2.75, 3.05) is 0 Å². The fourth-order valence-electron chi connectivity index (χ4n) is 2.20. The van der Waals surface area contributed by atoms with E-state index in [0.717, 1.165) is 18.6 Å². The maximum absolute atomic E-state index is 5.97. The van der Waals surface area contributed by atoms with Gasteiger partial charge < -0.3 is 4.74 Å². The summed E-state index contributed by atoms with van der Waals surface area (Å²) >= 11 is 0. The van der Waals surface area contributed by atoms with E-state index in [2.05, 4.69) is 32.0 Å². The second kappa shape index (κ2) is 4.69. The molecule has 1 unspecified atom stereocenters. The van der Waals surface area contributed by atoms with Crippen LogP contribution in [0.2, 0.25) is 0 Å². The predicted octanol–water partition coefficient (Wildman–Crippen LogP) is 3.74. The highest BCUT2D eigenvalue weighted by Gasteiger charge is 2.17. The number of aryl methyl sites for hydroxylation is 2.